The molecule has 0 aliphatic heterocycles. The van der Waals surface area contributed by atoms with Gasteiger partial charge in [-0.3, -0.25) is 9.78 Å². The standard InChI is InChI=1S/C16H17NO2/c1-2-3-4-13-5-7-15(8-6-13)19-16-9-14(12-18)10-17-11-16/h5-12H,2-4H2,1H3. The molecule has 1 heterocycles. The number of hydrogen-bond acceptors (Lipinski definition) is 3. The Morgan fingerprint density at radius 2 is 1.95 bits per heavy atom. The summed E-state index contributed by atoms with van der Waals surface area (Å²) in [5, 5.41) is 0. The number of aldehydes is 1. The van der Waals surface area contributed by atoms with Gasteiger partial charge in [0.25, 0.3) is 0 Å². The van der Waals surface area contributed by atoms with E-state index in [0.717, 1.165) is 18.5 Å². The van der Waals surface area contributed by atoms with E-state index in [0.29, 0.717) is 11.3 Å². The second-order valence-corrected chi connectivity index (χ2v) is 4.42. The summed E-state index contributed by atoms with van der Waals surface area (Å²) in [7, 11) is 0. The van der Waals surface area contributed by atoms with Gasteiger partial charge in [-0.2, -0.15) is 0 Å². The Labute approximate surface area is 113 Å². The summed E-state index contributed by atoms with van der Waals surface area (Å²) in [5.41, 5.74) is 1.83. The molecule has 0 saturated heterocycles. The summed E-state index contributed by atoms with van der Waals surface area (Å²) in [6.45, 7) is 2.19. The van der Waals surface area contributed by atoms with Crippen LogP contribution in [0.3, 0.4) is 0 Å². The van der Waals surface area contributed by atoms with Crippen LogP contribution in [0.1, 0.15) is 35.7 Å². The van der Waals surface area contributed by atoms with E-state index >= 15 is 0 Å². The molecule has 3 heteroatoms. The highest BCUT2D eigenvalue weighted by molar-refractivity contribution is 5.74. The molecule has 0 bridgehead atoms. The predicted octanol–water partition coefficient (Wildman–Crippen LogP) is 4.03. The Morgan fingerprint density at radius 1 is 1.16 bits per heavy atom. The smallest absolute Gasteiger partial charge is 0.151 e. The quantitative estimate of drug-likeness (QED) is 0.731. The van der Waals surface area contributed by atoms with Crippen LogP contribution in [0.2, 0.25) is 0 Å². The zero-order chi connectivity index (χ0) is 13.5. The molecule has 0 spiro atoms. The van der Waals surface area contributed by atoms with E-state index in [1.807, 2.05) is 12.1 Å². The number of benzene rings is 1. The van der Waals surface area contributed by atoms with E-state index in [-0.39, 0.29) is 0 Å². The number of pyridine rings is 1. The topological polar surface area (TPSA) is 39.2 Å². The van der Waals surface area contributed by atoms with Gasteiger partial charge < -0.3 is 4.74 Å². The Kier molecular flexibility index (Phi) is 4.67. The van der Waals surface area contributed by atoms with Crippen molar-refractivity contribution in [2.24, 2.45) is 0 Å². The second-order valence-electron chi connectivity index (χ2n) is 4.42. The van der Waals surface area contributed by atoms with Crippen molar-refractivity contribution < 1.29 is 9.53 Å². The lowest BCUT2D eigenvalue weighted by atomic mass is 10.1. The van der Waals surface area contributed by atoms with E-state index in [1.54, 1.807) is 12.3 Å². The van der Waals surface area contributed by atoms with Gasteiger partial charge in [0.2, 0.25) is 0 Å². The number of rotatable bonds is 6. The highest BCUT2D eigenvalue weighted by Gasteiger charge is 2.00. The van der Waals surface area contributed by atoms with Crippen molar-refractivity contribution in [1.82, 2.24) is 4.98 Å². The van der Waals surface area contributed by atoms with Gasteiger partial charge in [-0.25, -0.2) is 0 Å². The fourth-order valence-corrected chi connectivity index (χ4v) is 1.80. The van der Waals surface area contributed by atoms with Gasteiger partial charge in [0.05, 0.1) is 6.20 Å². The van der Waals surface area contributed by atoms with E-state index in [1.165, 1.54) is 24.6 Å². The number of unbranched alkanes of at least 4 members (excludes halogenated alkanes) is 1. The van der Waals surface area contributed by atoms with Gasteiger partial charge in [-0.05, 0) is 36.6 Å². The van der Waals surface area contributed by atoms with Crippen molar-refractivity contribution in [2.75, 3.05) is 0 Å². The van der Waals surface area contributed by atoms with Crippen LogP contribution in [-0.2, 0) is 6.42 Å². The van der Waals surface area contributed by atoms with Crippen LogP contribution in [0.25, 0.3) is 0 Å². The highest BCUT2D eigenvalue weighted by atomic mass is 16.5. The summed E-state index contributed by atoms with van der Waals surface area (Å²) >= 11 is 0. The molecule has 98 valence electrons. The molecular formula is C16H17NO2. The maximum absolute atomic E-state index is 10.7. The van der Waals surface area contributed by atoms with Crippen LogP contribution in [0.4, 0.5) is 0 Å². The Bertz CT molecular complexity index is 535. The zero-order valence-corrected chi connectivity index (χ0v) is 11.0. The molecule has 1 aromatic heterocycles. The number of carbonyl (C=O) groups excluding carboxylic acids is 1. The molecule has 0 radical (unpaired) electrons. The number of aromatic nitrogens is 1. The molecule has 3 nitrogen and oxygen atoms in total. The van der Waals surface area contributed by atoms with Crippen LogP contribution in [0.5, 0.6) is 11.5 Å². The van der Waals surface area contributed by atoms with Gasteiger partial charge in [-0.15, -0.1) is 0 Å². The van der Waals surface area contributed by atoms with Crippen LogP contribution in [-0.4, -0.2) is 11.3 Å². The molecule has 0 saturated carbocycles. The average Bonchev–Trinajstić information content (AvgIpc) is 2.47. The third-order valence-electron chi connectivity index (χ3n) is 2.85. The second kappa shape index (κ2) is 6.69. The fraction of sp³-hybridized carbons (Fsp3) is 0.250. The Morgan fingerprint density at radius 3 is 2.63 bits per heavy atom. The van der Waals surface area contributed by atoms with E-state index in [2.05, 4.69) is 24.0 Å². The molecule has 0 atom stereocenters. The molecule has 0 aliphatic rings. The maximum Gasteiger partial charge on any atom is 0.151 e. The van der Waals surface area contributed by atoms with Gasteiger partial charge in [-0.1, -0.05) is 25.5 Å². The minimum absolute atomic E-state index is 0.511. The lowest BCUT2D eigenvalue weighted by Crippen LogP contribution is -1.89. The fourth-order valence-electron chi connectivity index (χ4n) is 1.80. The number of carbonyl (C=O) groups is 1. The van der Waals surface area contributed by atoms with E-state index in [9.17, 15) is 4.79 Å². The first-order chi connectivity index (χ1) is 9.31. The first-order valence-corrected chi connectivity index (χ1v) is 6.49. The highest BCUT2D eigenvalue weighted by Crippen LogP contribution is 2.21. The van der Waals surface area contributed by atoms with Gasteiger partial charge in [0.1, 0.15) is 11.5 Å². The van der Waals surface area contributed by atoms with Gasteiger partial charge >= 0.3 is 0 Å². The molecular weight excluding hydrogens is 238 g/mol. The maximum atomic E-state index is 10.7. The molecule has 0 aliphatic carbocycles. The minimum atomic E-state index is 0.511. The zero-order valence-electron chi connectivity index (χ0n) is 11.0. The van der Waals surface area contributed by atoms with Crippen molar-refractivity contribution in [2.45, 2.75) is 26.2 Å². The van der Waals surface area contributed by atoms with Crippen molar-refractivity contribution in [3.05, 3.63) is 53.9 Å². The van der Waals surface area contributed by atoms with Crippen molar-refractivity contribution in [1.29, 1.82) is 0 Å². The van der Waals surface area contributed by atoms with Crippen LogP contribution >= 0.6 is 0 Å². The third-order valence-corrected chi connectivity index (χ3v) is 2.85. The van der Waals surface area contributed by atoms with Crippen molar-refractivity contribution in [3.8, 4) is 11.5 Å². The number of nitrogens with zero attached hydrogens (tertiary/aromatic N) is 1. The summed E-state index contributed by atoms with van der Waals surface area (Å²) in [4.78, 5) is 14.6. The summed E-state index contributed by atoms with van der Waals surface area (Å²) in [6, 6.07) is 9.70. The Hall–Kier alpha value is -2.16. The number of ether oxygens (including phenoxy) is 1. The third kappa shape index (κ3) is 3.91. The average molecular weight is 255 g/mol. The van der Waals surface area contributed by atoms with E-state index < -0.39 is 0 Å². The molecule has 1 aromatic carbocycles. The normalized spacial score (nSPS) is 10.2. The van der Waals surface area contributed by atoms with Gasteiger partial charge in [0.15, 0.2) is 6.29 Å². The van der Waals surface area contributed by atoms with Crippen molar-refractivity contribution in [3.63, 3.8) is 0 Å². The molecule has 2 aromatic rings. The van der Waals surface area contributed by atoms with Crippen molar-refractivity contribution >= 4 is 6.29 Å². The molecule has 19 heavy (non-hydrogen) atoms. The largest absolute Gasteiger partial charge is 0.456 e. The lowest BCUT2D eigenvalue weighted by Gasteiger charge is -2.06. The number of hydrogen-bond donors (Lipinski definition) is 0. The molecule has 2 rings (SSSR count). The summed E-state index contributed by atoms with van der Waals surface area (Å²) in [6.07, 6.45) is 7.35. The first kappa shape index (κ1) is 13.3. The minimum Gasteiger partial charge on any atom is -0.456 e. The number of aryl methyl sites for hydroxylation is 1. The monoisotopic (exact) mass is 255 g/mol. The van der Waals surface area contributed by atoms with Gasteiger partial charge in [0, 0.05) is 11.8 Å². The SMILES string of the molecule is CCCCc1ccc(Oc2cncc(C=O)c2)cc1. The summed E-state index contributed by atoms with van der Waals surface area (Å²) in [5.74, 6) is 1.33. The predicted molar refractivity (Wildman–Crippen MR) is 74.8 cm³/mol. The molecule has 0 unspecified atom stereocenters. The lowest BCUT2D eigenvalue weighted by molar-refractivity contribution is 0.112. The Balaban J connectivity index is 2.04. The molecule has 0 amide bonds. The van der Waals surface area contributed by atoms with E-state index in [4.69, 9.17) is 4.74 Å². The van der Waals surface area contributed by atoms with Crippen LogP contribution in [0.15, 0.2) is 42.7 Å². The molecule has 0 fully saturated rings. The molecule has 0 N–H and O–H groups in total. The first-order valence-electron chi connectivity index (χ1n) is 6.49. The summed E-state index contributed by atoms with van der Waals surface area (Å²) < 4.78 is 5.66. The van der Waals surface area contributed by atoms with Crippen LogP contribution < -0.4 is 4.74 Å². The van der Waals surface area contributed by atoms with Crippen LogP contribution in [0, 0.1) is 0 Å².